The van der Waals surface area contributed by atoms with Gasteiger partial charge in [0, 0.05) is 19.1 Å². The van der Waals surface area contributed by atoms with Crippen LogP contribution in [0.2, 0.25) is 0 Å². The standard InChI is InChI=1S/C8H15NO/c1-9-4-3-6-7(9)5-8(6)10-2/h6-8H,3-5H2,1-2H3. The van der Waals surface area contributed by atoms with E-state index in [-0.39, 0.29) is 0 Å². The monoisotopic (exact) mass is 141 g/mol. The van der Waals surface area contributed by atoms with Gasteiger partial charge in [-0.2, -0.15) is 0 Å². The second-order valence-electron chi connectivity index (χ2n) is 3.51. The summed E-state index contributed by atoms with van der Waals surface area (Å²) in [6.45, 7) is 1.27. The van der Waals surface area contributed by atoms with E-state index in [2.05, 4.69) is 11.9 Å². The van der Waals surface area contributed by atoms with Crippen molar-refractivity contribution in [3.8, 4) is 0 Å². The molecule has 2 heteroatoms. The molecule has 10 heavy (non-hydrogen) atoms. The Morgan fingerprint density at radius 2 is 2.30 bits per heavy atom. The summed E-state index contributed by atoms with van der Waals surface area (Å²) >= 11 is 0. The van der Waals surface area contributed by atoms with Crippen LogP contribution in [0.5, 0.6) is 0 Å². The minimum absolute atomic E-state index is 0.579. The van der Waals surface area contributed by atoms with Crippen LogP contribution in [0.1, 0.15) is 12.8 Å². The molecule has 0 bridgehead atoms. The zero-order valence-electron chi connectivity index (χ0n) is 6.71. The second kappa shape index (κ2) is 2.21. The summed E-state index contributed by atoms with van der Waals surface area (Å²) in [4.78, 5) is 2.46. The Balaban J connectivity index is 1.96. The minimum Gasteiger partial charge on any atom is -0.381 e. The van der Waals surface area contributed by atoms with Gasteiger partial charge in [-0.3, -0.25) is 0 Å². The molecule has 2 nitrogen and oxygen atoms in total. The van der Waals surface area contributed by atoms with Gasteiger partial charge in [0.2, 0.25) is 0 Å². The lowest BCUT2D eigenvalue weighted by Crippen LogP contribution is -2.48. The van der Waals surface area contributed by atoms with Crippen LogP contribution in [0.15, 0.2) is 0 Å². The maximum Gasteiger partial charge on any atom is 0.0629 e. The van der Waals surface area contributed by atoms with Crippen molar-refractivity contribution < 1.29 is 4.74 Å². The topological polar surface area (TPSA) is 12.5 Å². The van der Waals surface area contributed by atoms with E-state index in [9.17, 15) is 0 Å². The number of hydrogen-bond acceptors (Lipinski definition) is 2. The highest BCUT2D eigenvalue weighted by Crippen LogP contribution is 2.40. The first-order valence-electron chi connectivity index (χ1n) is 4.06. The number of nitrogens with zero attached hydrogens (tertiary/aromatic N) is 1. The summed E-state index contributed by atoms with van der Waals surface area (Å²) in [5.74, 6) is 0.856. The van der Waals surface area contributed by atoms with Crippen LogP contribution >= 0.6 is 0 Å². The van der Waals surface area contributed by atoms with Crippen LogP contribution < -0.4 is 0 Å². The first-order valence-corrected chi connectivity index (χ1v) is 4.06. The van der Waals surface area contributed by atoms with Crippen molar-refractivity contribution in [3.63, 3.8) is 0 Å². The molecule has 0 spiro atoms. The van der Waals surface area contributed by atoms with Crippen molar-refractivity contribution in [2.45, 2.75) is 25.0 Å². The molecule has 0 aromatic rings. The summed E-state index contributed by atoms with van der Waals surface area (Å²) in [5, 5.41) is 0. The van der Waals surface area contributed by atoms with Crippen LogP contribution in [-0.2, 0) is 4.74 Å². The van der Waals surface area contributed by atoms with E-state index < -0.39 is 0 Å². The molecule has 1 saturated carbocycles. The number of rotatable bonds is 1. The predicted octanol–water partition coefficient (Wildman–Crippen LogP) is 0.725. The van der Waals surface area contributed by atoms with E-state index in [1.807, 2.05) is 7.11 Å². The summed E-state index contributed by atoms with van der Waals surface area (Å²) < 4.78 is 5.32. The first-order chi connectivity index (χ1) is 4.83. The molecule has 0 radical (unpaired) electrons. The fourth-order valence-corrected chi connectivity index (χ4v) is 2.31. The van der Waals surface area contributed by atoms with Gasteiger partial charge in [0.25, 0.3) is 0 Å². The minimum atomic E-state index is 0.579. The maximum atomic E-state index is 5.32. The highest BCUT2D eigenvalue weighted by Gasteiger charge is 2.46. The van der Waals surface area contributed by atoms with Crippen LogP contribution in [0.25, 0.3) is 0 Å². The van der Waals surface area contributed by atoms with Crippen molar-refractivity contribution in [2.75, 3.05) is 20.7 Å². The van der Waals surface area contributed by atoms with Crippen molar-refractivity contribution in [1.29, 1.82) is 0 Å². The van der Waals surface area contributed by atoms with Crippen molar-refractivity contribution in [1.82, 2.24) is 4.90 Å². The molecule has 0 aromatic carbocycles. The number of ether oxygens (including phenoxy) is 1. The van der Waals surface area contributed by atoms with Crippen molar-refractivity contribution >= 4 is 0 Å². The van der Waals surface area contributed by atoms with Gasteiger partial charge in [-0.1, -0.05) is 0 Å². The second-order valence-corrected chi connectivity index (χ2v) is 3.51. The lowest BCUT2D eigenvalue weighted by Gasteiger charge is -2.41. The van der Waals surface area contributed by atoms with Gasteiger partial charge in [0.1, 0.15) is 0 Å². The highest BCUT2D eigenvalue weighted by atomic mass is 16.5. The fourth-order valence-electron chi connectivity index (χ4n) is 2.31. The first kappa shape index (κ1) is 6.62. The van der Waals surface area contributed by atoms with Gasteiger partial charge >= 0.3 is 0 Å². The molecular formula is C8H15NO. The molecule has 0 N–H and O–H groups in total. The summed E-state index contributed by atoms with van der Waals surface area (Å²) in [6, 6.07) is 0.852. The third kappa shape index (κ3) is 0.722. The number of likely N-dealkylation sites (tertiary alicyclic amines) is 1. The molecule has 3 unspecified atom stereocenters. The molecule has 2 rings (SSSR count). The summed E-state index contributed by atoms with van der Waals surface area (Å²) in [5.41, 5.74) is 0. The number of hydrogen-bond donors (Lipinski definition) is 0. The molecule has 3 atom stereocenters. The quantitative estimate of drug-likeness (QED) is 0.533. The average molecular weight is 141 g/mol. The van der Waals surface area contributed by atoms with Crippen molar-refractivity contribution in [2.24, 2.45) is 5.92 Å². The smallest absolute Gasteiger partial charge is 0.0629 e. The predicted molar refractivity (Wildman–Crippen MR) is 39.9 cm³/mol. The molecule has 1 aliphatic carbocycles. The molecule has 2 aliphatic rings. The van der Waals surface area contributed by atoms with E-state index in [0.29, 0.717) is 6.10 Å². The van der Waals surface area contributed by atoms with E-state index in [1.54, 1.807) is 0 Å². The number of fused-ring (bicyclic) bond motifs is 1. The van der Waals surface area contributed by atoms with Crippen LogP contribution in [0.4, 0.5) is 0 Å². The fraction of sp³-hybridized carbons (Fsp3) is 1.00. The average Bonchev–Trinajstić information content (AvgIpc) is 2.10. The third-order valence-corrected chi connectivity index (χ3v) is 3.13. The van der Waals surface area contributed by atoms with Gasteiger partial charge in [-0.15, -0.1) is 0 Å². The normalized spacial score (nSPS) is 46.8. The van der Waals surface area contributed by atoms with Gasteiger partial charge in [0.15, 0.2) is 0 Å². The Morgan fingerprint density at radius 1 is 1.50 bits per heavy atom. The molecule has 0 aromatic heterocycles. The van der Waals surface area contributed by atoms with Gasteiger partial charge in [0.05, 0.1) is 6.10 Å². The van der Waals surface area contributed by atoms with Crippen LogP contribution in [0, 0.1) is 5.92 Å². The maximum absolute atomic E-state index is 5.32. The Morgan fingerprint density at radius 3 is 2.90 bits per heavy atom. The van der Waals surface area contributed by atoms with E-state index in [4.69, 9.17) is 4.74 Å². The molecule has 58 valence electrons. The molecule has 1 heterocycles. The largest absolute Gasteiger partial charge is 0.381 e. The summed E-state index contributed by atoms with van der Waals surface area (Å²) in [7, 11) is 4.05. The zero-order chi connectivity index (χ0) is 7.14. The zero-order valence-corrected chi connectivity index (χ0v) is 6.71. The Bertz CT molecular complexity index is 137. The Hall–Kier alpha value is -0.0800. The Labute approximate surface area is 62.2 Å². The SMILES string of the molecule is COC1CC2C1CCN2C. The Kier molecular flexibility index (Phi) is 1.46. The van der Waals surface area contributed by atoms with E-state index >= 15 is 0 Å². The van der Waals surface area contributed by atoms with Crippen LogP contribution in [0.3, 0.4) is 0 Å². The summed E-state index contributed by atoms with van der Waals surface area (Å²) in [6.07, 6.45) is 3.19. The number of methoxy groups -OCH3 is 1. The molecular weight excluding hydrogens is 126 g/mol. The van der Waals surface area contributed by atoms with Crippen molar-refractivity contribution in [3.05, 3.63) is 0 Å². The molecule has 0 amide bonds. The lowest BCUT2D eigenvalue weighted by molar-refractivity contribution is -0.0462. The van der Waals surface area contributed by atoms with Gasteiger partial charge in [-0.05, 0) is 26.4 Å². The van der Waals surface area contributed by atoms with E-state index in [1.165, 1.54) is 19.4 Å². The van der Waals surface area contributed by atoms with Gasteiger partial charge in [-0.25, -0.2) is 0 Å². The van der Waals surface area contributed by atoms with Gasteiger partial charge < -0.3 is 9.64 Å². The van der Waals surface area contributed by atoms with E-state index in [0.717, 1.165) is 12.0 Å². The molecule has 1 aliphatic heterocycles. The lowest BCUT2D eigenvalue weighted by atomic mass is 9.77. The highest BCUT2D eigenvalue weighted by molar-refractivity contribution is 5.00. The molecule has 1 saturated heterocycles. The van der Waals surface area contributed by atoms with Crippen LogP contribution in [-0.4, -0.2) is 37.7 Å². The third-order valence-electron chi connectivity index (χ3n) is 3.13. The molecule has 2 fully saturated rings.